The molecular weight excluding hydrogens is 280 g/mol. The first-order valence-corrected chi connectivity index (χ1v) is 7.42. The second kappa shape index (κ2) is 9.02. The molecule has 1 atom stereocenters. The fourth-order valence-corrected chi connectivity index (χ4v) is 1.88. The Hall–Kier alpha value is -2.11. The number of hydrogen-bond donors (Lipinski definition) is 2. The van der Waals surface area contributed by atoms with E-state index in [0.717, 1.165) is 12.3 Å². The second-order valence-corrected chi connectivity index (χ2v) is 5.07. The van der Waals surface area contributed by atoms with Gasteiger partial charge in [-0.2, -0.15) is 0 Å². The monoisotopic (exact) mass is 302 g/mol. The topological polar surface area (TPSA) is 63.6 Å². The van der Waals surface area contributed by atoms with Crippen LogP contribution in [-0.2, 0) is 0 Å². The van der Waals surface area contributed by atoms with E-state index in [1.807, 2.05) is 42.5 Å². The van der Waals surface area contributed by atoms with E-state index < -0.39 is 0 Å². The van der Waals surface area contributed by atoms with Crippen molar-refractivity contribution in [1.29, 1.82) is 0 Å². The third-order valence-electron chi connectivity index (χ3n) is 3.00. The van der Waals surface area contributed by atoms with Crippen LogP contribution < -0.4 is 14.8 Å². The lowest BCUT2D eigenvalue weighted by Gasteiger charge is -2.15. The Morgan fingerprint density at radius 2 is 2.00 bits per heavy atom. The molecule has 0 radical (unpaired) electrons. The van der Waals surface area contributed by atoms with Crippen molar-refractivity contribution in [3.63, 3.8) is 0 Å². The number of nitrogens with one attached hydrogen (secondary N) is 1. The summed E-state index contributed by atoms with van der Waals surface area (Å²) in [6, 6.07) is 13.2. The van der Waals surface area contributed by atoms with Crippen molar-refractivity contribution in [3.05, 3.63) is 48.7 Å². The fraction of sp³-hybridized carbons (Fsp3) is 0.353. The minimum atomic E-state index is 0.144. The van der Waals surface area contributed by atoms with Gasteiger partial charge in [-0.3, -0.25) is 0 Å². The van der Waals surface area contributed by atoms with E-state index in [4.69, 9.17) is 14.6 Å². The lowest BCUT2D eigenvalue weighted by molar-refractivity contribution is 0.238. The van der Waals surface area contributed by atoms with Gasteiger partial charge in [-0.25, -0.2) is 4.98 Å². The van der Waals surface area contributed by atoms with Crippen LogP contribution in [0.3, 0.4) is 0 Å². The highest BCUT2D eigenvalue weighted by molar-refractivity contribution is 5.36. The second-order valence-electron chi connectivity index (χ2n) is 5.07. The number of hydrogen-bond acceptors (Lipinski definition) is 5. The molecule has 0 aliphatic carbocycles. The summed E-state index contributed by atoms with van der Waals surface area (Å²) in [4.78, 5) is 4.23. The van der Waals surface area contributed by atoms with Gasteiger partial charge in [0.05, 0.1) is 13.2 Å². The minimum absolute atomic E-state index is 0.144. The van der Waals surface area contributed by atoms with Gasteiger partial charge in [-0.15, -0.1) is 0 Å². The van der Waals surface area contributed by atoms with E-state index in [1.165, 1.54) is 0 Å². The van der Waals surface area contributed by atoms with Crippen LogP contribution >= 0.6 is 0 Å². The summed E-state index contributed by atoms with van der Waals surface area (Å²) in [6.07, 6.45) is 1.68. The van der Waals surface area contributed by atoms with Crippen LogP contribution in [0.2, 0.25) is 0 Å². The van der Waals surface area contributed by atoms with Crippen molar-refractivity contribution >= 4 is 0 Å². The molecule has 0 saturated carbocycles. The summed E-state index contributed by atoms with van der Waals surface area (Å²) < 4.78 is 11.6. The summed E-state index contributed by atoms with van der Waals surface area (Å²) >= 11 is 0. The number of aromatic nitrogens is 1. The van der Waals surface area contributed by atoms with E-state index in [1.54, 1.807) is 6.20 Å². The summed E-state index contributed by atoms with van der Waals surface area (Å²) in [5.74, 6) is 2.13. The van der Waals surface area contributed by atoms with Gasteiger partial charge in [0.15, 0.2) is 5.75 Å². The quantitative estimate of drug-likeness (QED) is 0.697. The predicted molar refractivity (Wildman–Crippen MR) is 85.4 cm³/mol. The maximum Gasteiger partial charge on any atom is 0.262 e. The third kappa shape index (κ3) is 5.35. The minimum Gasteiger partial charge on any atom is -0.488 e. The Morgan fingerprint density at radius 1 is 1.18 bits per heavy atom. The van der Waals surface area contributed by atoms with Gasteiger partial charge in [0.1, 0.15) is 5.75 Å². The van der Waals surface area contributed by atoms with Gasteiger partial charge >= 0.3 is 0 Å². The molecule has 118 valence electrons. The van der Waals surface area contributed by atoms with E-state index in [0.29, 0.717) is 30.7 Å². The number of pyridine rings is 1. The van der Waals surface area contributed by atoms with Crippen LogP contribution in [0.5, 0.6) is 17.4 Å². The molecule has 2 rings (SSSR count). The van der Waals surface area contributed by atoms with Crippen molar-refractivity contribution in [1.82, 2.24) is 10.3 Å². The number of aliphatic hydroxyl groups is 1. The Morgan fingerprint density at radius 3 is 2.77 bits per heavy atom. The van der Waals surface area contributed by atoms with Crippen LogP contribution in [0, 0.1) is 5.92 Å². The maximum atomic E-state index is 8.75. The molecule has 5 nitrogen and oxygen atoms in total. The number of nitrogens with zero attached hydrogens (tertiary/aromatic N) is 1. The zero-order chi connectivity index (χ0) is 15.6. The number of aliphatic hydroxyl groups excluding tert-OH is 1. The van der Waals surface area contributed by atoms with Crippen molar-refractivity contribution in [2.24, 2.45) is 5.92 Å². The van der Waals surface area contributed by atoms with E-state index in [2.05, 4.69) is 17.2 Å². The zero-order valence-electron chi connectivity index (χ0n) is 12.7. The molecule has 1 heterocycles. The molecule has 0 amide bonds. The van der Waals surface area contributed by atoms with Gasteiger partial charge in [0.2, 0.25) is 0 Å². The SMILES string of the molecule is CC(CNCCO)COc1cccnc1Oc1ccccc1. The molecule has 22 heavy (non-hydrogen) atoms. The molecule has 1 unspecified atom stereocenters. The number of rotatable bonds is 9. The van der Waals surface area contributed by atoms with Crippen LogP contribution in [0.4, 0.5) is 0 Å². The van der Waals surface area contributed by atoms with Crippen molar-refractivity contribution in [3.8, 4) is 17.4 Å². The van der Waals surface area contributed by atoms with Gasteiger partial charge in [-0.05, 0) is 24.3 Å². The molecular formula is C17H22N2O3. The van der Waals surface area contributed by atoms with Crippen molar-refractivity contribution < 1.29 is 14.6 Å². The van der Waals surface area contributed by atoms with E-state index >= 15 is 0 Å². The molecule has 0 saturated heterocycles. The molecule has 0 bridgehead atoms. The summed E-state index contributed by atoms with van der Waals surface area (Å²) in [7, 11) is 0. The van der Waals surface area contributed by atoms with E-state index in [9.17, 15) is 0 Å². The predicted octanol–water partition coefficient (Wildman–Crippen LogP) is 2.47. The van der Waals surface area contributed by atoms with Crippen LogP contribution in [0.1, 0.15) is 6.92 Å². The molecule has 1 aromatic heterocycles. The Balaban J connectivity index is 1.91. The first kappa shape index (κ1) is 16.3. The third-order valence-corrected chi connectivity index (χ3v) is 3.00. The molecule has 5 heteroatoms. The Bertz CT molecular complexity index is 549. The number of para-hydroxylation sites is 1. The highest BCUT2D eigenvalue weighted by Gasteiger charge is 2.09. The summed E-state index contributed by atoms with van der Waals surface area (Å²) in [5.41, 5.74) is 0. The van der Waals surface area contributed by atoms with Gasteiger partial charge in [-0.1, -0.05) is 25.1 Å². The first-order chi connectivity index (χ1) is 10.8. The summed E-state index contributed by atoms with van der Waals surface area (Å²) in [5, 5.41) is 11.9. The Labute approximate surface area is 130 Å². The number of benzene rings is 1. The Kier molecular flexibility index (Phi) is 6.67. The van der Waals surface area contributed by atoms with Gasteiger partial charge < -0.3 is 19.9 Å². The number of ether oxygens (including phenoxy) is 2. The van der Waals surface area contributed by atoms with Crippen LogP contribution in [0.15, 0.2) is 48.7 Å². The molecule has 2 aromatic rings. The maximum absolute atomic E-state index is 8.75. The lowest BCUT2D eigenvalue weighted by Crippen LogP contribution is -2.27. The molecule has 0 fully saturated rings. The van der Waals surface area contributed by atoms with Gasteiger partial charge in [0.25, 0.3) is 5.88 Å². The smallest absolute Gasteiger partial charge is 0.262 e. The fourth-order valence-electron chi connectivity index (χ4n) is 1.88. The average molecular weight is 302 g/mol. The summed E-state index contributed by atoms with van der Waals surface area (Å²) in [6.45, 7) is 4.16. The molecule has 0 aliphatic heterocycles. The highest BCUT2D eigenvalue weighted by atomic mass is 16.5. The molecule has 0 spiro atoms. The lowest BCUT2D eigenvalue weighted by atomic mass is 10.2. The molecule has 1 aromatic carbocycles. The van der Waals surface area contributed by atoms with Crippen molar-refractivity contribution in [2.45, 2.75) is 6.92 Å². The highest BCUT2D eigenvalue weighted by Crippen LogP contribution is 2.28. The van der Waals surface area contributed by atoms with Gasteiger partial charge in [0, 0.05) is 25.2 Å². The van der Waals surface area contributed by atoms with Crippen LogP contribution in [-0.4, -0.2) is 36.4 Å². The first-order valence-electron chi connectivity index (χ1n) is 7.42. The zero-order valence-corrected chi connectivity index (χ0v) is 12.7. The van der Waals surface area contributed by atoms with E-state index in [-0.39, 0.29) is 6.61 Å². The van der Waals surface area contributed by atoms with Crippen LogP contribution in [0.25, 0.3) is 0 Å². The molecule has 0 aliphatic rings. The van der Waals surface area contributed by atoms with Crippen molar-refractivity contribution in [2.75, 3.05) is 26.3 Å². The standard InChI is InChI=1S/C17H22N2O3/c1-14(12-18-10-11-20)13-21-16-8-5-9-19-17(16)22-15-6-3-2-4-7-15/h2-9,14,18,20H,10-13H2,1H3. The average Bonchev–Trinajstić information content (AvgIpc) is 2.55. The molecule has 2 N–H and O–H groups in total. The largest absolute Gasteiger partial charge is 0.488 e. The normalized spacial score (nSPS) is 11.9.